The summed E-state index contributed by atoms with van der Waals surface area (Å²) < 4.78 is 0. The molecule has 0 aliphatic heterocycles. The normalized spacial score (nSPS) is 21.4. The Kier molecular flexibility index (Phi) is 5.96. The third-order valence-corrected chi connectivity index (χ3v) is 4.33. The highest BCUT2D eigenvalue weighted by atomic mass is 16.4. The van der Waals surface area contributed by atoms with Gasteiger partial charge in [0.05, 0.1) is 6.54 Å². The summed E-state index contributed by atoms with van der Waals surface area (Å²) in [6.07, 6.45) is 7.55. The summed E-state index contributed by atoms with van der Waals surface area (Å²) in [7, 11) is 0. The van der Waals surface area contributed by atoms with Crippen molar-refractivity contribution in [2.24, 2.45) is 5.92 Å². The molecule has 100 valence electrons. The van der Waals surface area contributed by atoms with Gasteiger partial charge in [-0.3, -0.25) is 9.69 Å². The molecule has 1 rings (SSSR count). The summed E-state index contributed by atoms with van der Waals surface area (Å²) in [4.78, 5) is 13.2. The SMILES string of the molecule is CCC(C)N(CC(=O)O)C(C)C1CCCCC1. The van der Waals surface area contributed by atoms with Crippen LogP contribution in [0.4, 0.5) is 0 Å². The predicted molar refractivity (Wildman–Crippen MR) is 70.1 cm³/mol. The van der Waals surface area contributed by atoms with Crippen molar-refractivity contribution >= 4 is 5.97 Å². The van der Waals surface area contributed by atoms with Gasteiger partial charge >= 0.3 is 5.97 Å². The summed E-state index contributed by atoms with van der Waals surface area (Å²) in [6.45, 7) is 6.67. The van der Waals surface area contributed by atoms with Gasteiger partial charge in [-0.05, 0) is 39.0 Å². The van der Waals surface area contributed by atoms with E-state index in [9.17, 15) is 4.79 Å². The Morgan fingerprint density at radius 3 is 2.35 bits per heavy atom. The van der Waals surface area contributed by atoms with E-state index in [4.69, 9.17) is 5.11 Å². The fourth-order valence-corrected chi connectivity index (χ4v) is 2.98. The van der Waals surface area contributed by atoms with Crippen molar-refractivity contribution in [3.8, 4) is 0 Å². The molecule has 2 unspecified atom stereocenters. The lowest BCUT2D eigenvalue weighted by atomic mass is 9.83. The summed E-state index contributed by atoms with van der Waals surface area (Å²) in [5.41, 5.74) is 0. The molecule has 1 saturated carbocycles. The molecule has 1 fully saturated rings. The summed E-state index contributed by atoms with van der Waals surface area (Å²) in [5, 5.41) is 9.03. The molecular weight excluding hydrogens is 214 g/mol. The van der Waals surface area contributed by atoms with Gasteiger partial charge in [0.15, 0.2) is 0 Å². The van der Waals surface area contributed by atoms with Crippen LogP contribution in [0.5, 0.6) is 0 Å². The van der Waals surface area contributed by atoms with Crippen molar-refractivity contribution in [1.29, 1.82) is 0 Å². The molecule has 0 heterocycles. The smallest absolute Gasteiger partial charge is 0.317 e. The van der Waals surface area contributed by atoms with Crippen molar-refractivity contribution < 1.29 is 9.90 Å². The molecule has 3 nitrogen and oxygen atoms in total. The highest BCUT2D eigenvalue weighted by Gasteiger charge is 2.28. The van der Waals surface area contributed by atoms with E-state index < -0.39 is 5.97 Å². The molecule has 3 heteroatoms. The van der Waals surface area contributed by atoms with Crippen LogP contribution in [-0.4, -0.2) is 34.6 Å². The average Bonchev–Trinajstić information content (AvgIpc) is 2.35. The second-order valence-corrected chi connectivity index (χ2v) is 5.46. The molecular formula is C14H27NO2. The molecule has 0 amide bonds. The van der Waals surface area contributed by atoms with E-state index in [1.165, 1.54) is 32.1 Å². The number of hydrogen-bond donors (Lipinski definition) is 1. The quantitative estimate of drug-likeness (QED) is 0.776. The zero-order valence-electron chi connectivity index (χ0n) is 11.5. The van der Waals surface area contributed by atoms with E-state index in [2.05, 4.69) is 25.7 Å². The molecule has 17 heavy (non-hydrogen) atoms. The van der Waals surface area contributed by atoms with Gasteiger partial charge in [0.25, 0.3) is 0 Å². The van der Waals surface area contributed by atoms with Crippen LogP contribution in [0, 0.1) is 5.92 Å². The third-order valence-electron chi connectivity index (χ3n) is 4.33. The first-order valence-electron chi connectivity index (χ1n) is 7.03. The molecule has 1 aliphatic carbocycles. The van der Waals surface area contributed by atoms with Crippen LogP contribution < -0.4 is 0 Å². The van der Waals surface area contributed by atoms with E-state index in [0.29, 0.717) is 18.0 Å². The molecule has 0 spiro atoms. The summed E-state index contributed by atoms with van der Waals surface area (Å²) >= 11 is 0. The second kappa shape index (κ2) is 7.00. The standard InChI is InChI=1S/C14H27NO2/c1-4-11(2)15(10-14(16)17)12(3)13-8-6-5-7-9-13/h11-13H,4-10H2,1-3H3,(H,16,17). The Bertz CT molecular complexity index is 236. The topological polar surface area (TPSA) is 40.5 Å². The van der Waals surface area contributed by atoms with Gasteiger partial charge in [0.2, 0.25) is 0 Å². The minimum Gasteiger partial charge on any atom is -0.480 e. The van der Waals surface area contributed by atoms with E-state index in [1.807, 2.05) is 0 Å². The van der Waals surface area contributed by atoms with Crippen molar-refractivity contribution in [2.45, 2.75) is 71.4 Å². The molecule has 0 aromatic heterocycles. The lowest BCUT2D eigenvalue weighted by Gasteiger charge is -2.39. The Hall–Kier alpha value is -0.570. The molecule has 0 aromatic rings. The first-order chi connectivity index (χ1) is 8.06. The number of carboxylic acid groups (broad SMARTS) is 1. The Balaban J connectivity index is 2.63. The van der Waals surface area contributed by atoms with Crippen LogP contribution in [0.15, 0.2) is 0 Å². The Morgan fingerprint density at radius 1 is 1.29 bits per heavy atom. The Labute approximate surface area is 105 Å². The molecule has 1 N–H and O–H groups in total. The van der Waals surface area contributed by atoms with Crippen LogP contribution in [0.3, 0.4) is 0 Å². The van der Waals surface area contributed by atoms with E-state index in [0.717, 1.165) is 6.42 Å². The largest absolute Gasteiger partial charge is 0.480 e. The average molecular weight is 241 g/mol. The highest BCUT2D eigenvalue weighted by Crippen LogP contribution is 2.29. The van der Waals surface area contributed by atoms with Gasteiger partial charge in [-0.25, -0.2) is 0 Å². The van der Waals surface area contributed by atoms with Gasteiger partial charge < -0.3 is 5.11 Å². The zero-order valence-corrected chi connectivity index (χ0v) is 11.5. The number of hydrogen-bond acceptors (Lipinski definition) is 2. The predicted octanol–water partition coefficient (Wildman–Crippen LogP) is 3.14. The van der Waals surface area contributed by atoms with Crippen LogP contribution >= 0.6 is 0 Å². The number of carboxylic acids is 1. The van der Waals surface area contributed by atoms with Crippen molar-refractivity contribution in [3.05, 3.63) is 0 Å². The van der Waals surface area contributed by atoms with Crippen LogP contribution in [-0.2, 0) is 4.79 Å². The van der Waals surface area contributed by atoms with Crippen molar-refractivity contribution in [1.82, 2.24) is 4.90 Å². The number of rotatable bonds is 6. The van der Waals surface area contributed by atoms with Crippen molar-refractivity contribution in [3.63, 3.8) is 0 Å². The number of nitrogens with zero attached hydrogens (tertiary/aromatic N) is 1. The number of aliphatic carboxylic acids is 1. The lowest BCUT2D eigenvalue weighted by molar-refractivity contribution is -0.140. The maximum absolute atomic E-state index is 11.0. The minimum atomic E-state index is -0.701. The van der Waals surface area contributed by atoms with Crippen LogP contribution in [0.2, 0.25) is 0 Å². The van der Waals surface area contributed by atoms with Gasteiger partial charge in [-0.2, -0.15) is 0 Å². The fourth-order valence-electron chi connectivity index (χ4n) is 2.98. The first-order valence-corrected chi connectivity index (χ1v) is 7.03. The molecule has 1 aliphatic rings. The van der Waals surface area contributed by atoms with Crippen LogP contribution in [0.1, 0.15) is 59.3 Å². The molecule has 0 bridgehead atoms. The molecule has 0 radical (unpaired) electrons. The van der Waals surface area contributed by atoms with E-state index in [-0.39, 0.29) is 6.54 Å². The fraction of sp³-hybridized carbons (Fsp3) is 0.929. The highest BCUT2D eigenvalue weighted by molar-refractivity contribution is 5.69. The molecule has 0 aromatic carbocycles. The maximum atomic E-state index is 11.0. The van der Waals surface area contributed by atoms with E-state index in [1.54, 1.807) is 0 Å². The van der Waals surface area contributed by atoms with Crippen LogP contribution in [0.25, 0.3) is 0 Å². The minimum absolute atomic E-state index is 0.187. The zero-order chi connectivity index (χ0) is 12.8. The van der Waals surface area contributed by atoms with Crippen molar-refractivity contribution in [2.75, 3.05) is 6.54 Å². The summed E-state index contributed by atoms with van der Waals surface area (Å²) in [6, 6.07) is 0.768. The van der Waals surface area contributed by atoms with Gasteiger partial charge in [-0.15, -0.1) is 0 Å². The first kappa shape index (κ1) is 14.5. The molecule has 2 atom stereocenters. The number of carbonyl (C=O) groups is 1. The van der Waals surface area contributed by atoms with Gasteiger partial charge in [-0.1, -0.05) is 26.2 Å². The second-order valence-electron chi connectivity index (χ2n) is 5.46. The molecule has 0 saturated heterocycles. The van der Waals surface area contributed by atoms with Gasteiger partial charge in [0, 0.05) is 12.1 Å². The van der Waals surface area contributed by atoms with Gasteiger partial charge in [0.1, 0.15) is 0 Å². The maximum Gasteiger partial charge on any atom is 0.317 e. The third kappa shape index (κ3) is 4.30. The lowest BCUT2D eigenvalue weighted by Crippen LogP contribution is -2.47. The monoisotopic (exact) mass is 241 g/mol. The summed E-state index contributed by atoms with van der Waals surface area (Å²) in [5.74, 6) is -0.00920. The van der Waals surface area contributed by atoms with E-state index >= 15 is 0 Å². The Morgan fingerprint density at radius 2 is 1.88 bits per heavy atom.